The summed E-state index contributed by atoms with van der Waals surface area (Å²) in [6.07, 6.45) is 4.16. The van der Waals surface area contributed by atoms with Gasteiger partial charge < -0.3 is 14.8 Å². The van der Waals surface area contributed by atoms with Crippen molar-refractivity contribution in [2.45, 2.75) is 43.4 Å². The number of methoxy groups -OCH3 is 2. The van der Waals surface area contributed by atoms with E-state index >= 15 is 0 Å². The Bertz CT molecular complexity index is 1170. The van der Waals surface area contributed by atoms with Gasteiger partial charge in [0.1, 0.15) is 0 Å². The molecule has 1 aliphatic rings. The van der Waals surface area contributed by atoms with E-state index in [-0.39, 0.29) is 23.3 Å². The van der Waals surface area contributed by atoms with Crippen LogP contribution in [0.2, 0.25) is 0 Å². The summed E-state index contributed by atoms with van der Waals surface area (Å²) < 4.78 is 12.4. The van der Waals surface area contributed by atoms with E-state index in [1.807, 2.05) is 47.0 Å². The first-order valence-electron chi connectivity index (χ1n) is 10.7. The maximum Gasteiger partial charge on any atom is 0.262 e. The van der Waals surface area contributed by atoms with Gasteiger partial charge in [-0.05, 0) is 42.7 Å². The molecule has 7 nitrogen and oxygen atoms in total. The van der Waals surface area contributed by atoms with E-state index in [1.165, 1.54) is 11.8 Å². The number of carbonyl (C=O) groups is 1. The summed E-state index contributed by atoms with van der Waals surface area (Å²) in [4.78, 5) is 30.5. The summed E-state index contributed by atoms with van der Waals surface area (Å²) in [5, 5.41) is 4.17. The SMILES string of the molecule is COc1ccc(CNC(=O)CSc2nc3ccccc3c(=O)n2C2CCCC2)cc1OC. The van der Waals surface area contributed by atoms with Crippen molar-refractivity contribution >= 4 is 28.6 Å². The summed E-state index contributed by atoms with van der Waals surface area (Å²) in [5.74, 6) is 1.33. The number of fused-ring (bicyclic) bond motifs is 1. The Morgan fingerprint density at radius 1 is 1.12 bits per heavy atom. The van der Waals surface area contributed by atoms with Crippen LogP contribution in [0.15, 0.2) is 52.4 Å². The molecule has 1 saturated carbocycles. The van der Waals surface area contributed by atoms with E-state index in [1.54, 1.807) is 14.2 Å². The summed E-state index contributed by atoms with van der Waals surface area (Å²) in [6.45, 7) is 0.375. The van der Waals surface area contributed by atoms with Gasteiger partial charge in [-0.3, -0.25) is 14.2 Å². The van der Waals surface area contributed by atoms with Crippen LogP contribution in [0.5, 0.6) is 11.5 Å². The highest BCUT2D eigenvalue weighted by Crippen LogP contribution is 2.32. The van der Waals surface area contributed by atoms with Gasteiger partial charge in [0.15, 0.2) is 16.7 Å². The van der Waals surface area contributed by atoms with Crippen molar-refractivity contribution in [3.05, 3.63) is 58.4 Å². The second-order valence-corrected chi connectivity index (χ2v) is 8.72. The fourth-order valence-electron chi connectivity index (χ4n) is 4.08. The van der Waals surface area contributed by atoms with Gasteiger partial charge in [-0.25, -0.2) is 4.98 Å². The predicted molar refractivity (Wildman–Crippen MR) is 126 cm³/mol. The quantitative estimate of drug-likeness (QED) is 0.411. The molecule has 0 spiro atoms. The maximum atomic E-state index is 13.2. The van der Waals surface area contributed by atoms with E-state index < -0.39 is 0 Å². The molecule has 0 radical (unpaired) electrons. The van der Waals surface area contributed by atoms with Gasteiger partial charge in [-0.15, -0.1) is 0 Å². The minimum atomic E-state index is -0.120. The number of para-hydroxylation sites is 1. The van der Waals surface area contributed by atoms with Gasteiger partial charge in [0, 0.05) is 12.6 Å². The molecule has 32 heavy (non-hydrogen) atoms. The molecule has 0 saturated heterocycles. The molecule has 2 aromatic carbocycles. The zero-order chi connectivity index (χ0) is 22.5. The van der Waals surface area contributed by atoms with Crippen LogP contribution >= 0.6 is 11.8 Å². The molecular weight excluding hydrogens is 426 g/mol. The predicted octanol–water partition coefficient (Wildman–Crippen LogP) is 3.94. The molecule has 1 aromatic heterocycles. The number of rotatable bonds is 8. The van der Waals surface area contributed by atoms with Crippen molar-refractivity contribution < 1.29 is 14.3 Å². The van der Waals surface area contributed by atoms with E-state index in [9.17, 15) is 9.59 Å². The molecule has 1 aliphatic carbocycles. The van der Waals surface area contributed by atoms with Gasteiger partial charge in [-0.1, -0.05) is 42.8 Å². The largest absolute Gasteiger partial charge is 0.493 e. The molecule has 0 bridgehead atoms. The van der Waals surface area contributed by atoms with Crippen molar-refractivity contribution in [2.75, 3.05) is 20.0 Å². The highest BCUT2D eigenvalue weighted by atomic mass is 32.2. The van der Waals surface area contributed by atoms with E-state index in [0.29, 0.717) is 34.1 Å². The molecule has 8 heteroatoms. The second kappa shape index (κ2) is 10.1. The first-order valence-corrected chi connectivity index (χ1v) is 11.7. The van der Waals surface area contributed by atoms with Crippen LogP contribution in [0.25, 0.3) is 10.9 Å². The Balaban J connectivity index is 1.47. The Morgan fingerprint density at radius 2 is 1.88 bits per heavy atom. The molecule has 1 heterocycles. The van der Waals surface area contributed by atoms with Gasteiger partial charge >= 0.3 is 0 Å². The first-order chi connectivity index (χ1) is 15.6. The smallest absolute Gasteiger partial charge is 0.262 e. The van der Waals surface area contributed by atoms with Crippen LogP contribution in [0.3, 0.4) is 0 Å². The molecule has 3 aromatic rings. The molecule has 1 N–H and O–H groups in total. The summed E-state index contributed by atoms with van der Waals surface area (Å²) >= 11 is 1.31. The molecule has 1 fully saturated rings. The number of nitrogens with zero attached hydrogens (tertiary/aromatic N) is 2. The minimum absolute atomic E-state index is 0.0178. The van der Waals surface area contributed by atoms with E-state index in [2.05, 4.69) is 5.32 Å². The Morgan fingerprint density at radius 3 is 2.62 bits per heavy atom. The zero-order valence-corrected chi connectivity index (χ0v) is 19.1. The minimum Gasteiger partial charge on any atom is -0.493 e. The lowest BCUT2D eigenvalue weighted by atomic mass is 10.2. The molecule has 168 valence electrons. The number of nitrogens with one attached hydrogen (secondary N) is 1. The van der Waals surface area contributed by atoms with Crippen LogP contribution in [0.4, 0.5) is 0 Å². The number of benzene rings is 2. The number of thioether (sulfide) groups is 1. The van der Waals surface area contributed by atoms with Crippen molar-refractivity contribution in [3.63, 3.8) is 0 Å². The number of amides is 1. The standard InChI is InChI=1S/C24H27N3O4S/c1-30-20-12-11-16(13-21(20)31-2)14-25-22(28)15-32-24-26-19-10-6-5-9-18(19)23(29)27(24)17-7-3-4-8-17/h5-6,9-13,17H,3-4,7-8,14-15H2,1-2H3,(H,25,28). The lowest BCUT2D eigenvalue weighted by Crippen LogP contribution is -2.28. The Labute approximate surface area is 191 Å². The van der Waals surface area contributed by atoms with Gasteiger partial charge in [-0.2, -0.15) is 0 Å². The third kappa shape index (κ3) is 4.75. The van der Waals surface area contributed by atoms with Gasteiger partial charge in [0.25, 0.3) is 5.56 Å². The third-order valence-corrected chi connectivity index (χ3v) is 6.69. The van der Waals surface area contributed by atoms with Crippen molar-refractivity contribution in [3.8, 4) is 11.5 Å². The average Bonchev–Trinajstić information content (AvgIpc) is 3.35. The summed E-state index contributed by atoms with van der Waals surface area (Å²) in [6, 6.07) is 13.1. The number of hydrogen-bond acceptors (Lipinski definition) is 6. The molecule has 1 amide bonds. The number of hydrogen-bond donors (Lipinski definition) is 1. The van der Waals surface area contributed by atoms with Crippen LogP contribution in [0, 0.1) is 0 Å². The fraction of sp³-hybridized carbons (Fsp3) is 0.375. The summed E-state index contributed by atoms with van der Waals surface area (Å²) in [5.41, 5.74) is 1.56. The lowest BCUT2D eigenvalue weighted by molar-refractivity contribution is -0.118. The Kier molecular flexibility index (Phi) is 6.99. The van der Waals surface area contributed by atoms with Crippen LogP contribution in [-0.4, -0.2) is 35.4 Å². The first kappa shape index (κ1) is 22.2. The van der Waals surface area contributed by atoms with Crippen LogP contribution < -0.4 is 20.3 Å². The molecule has 4 rings (SSSR count). The number of aromatic nitrogens is 2. The number of ether oxygens (including phenoxy) is 2. The third-order valence-electron chi connectivity index (χ3n) is 5.74. The maximum absolute atomic E-state index is 13.2. The van der Waals surface area contributed by atoms with Crippen molar-refractivity contribution in [1.29, 1.82) is 0 Å². The summed E-state index contributed by atoms with van der Waals surface area (Å²) in [7, 11) is 3.17. The van der Waals surface area contributed by atoms with Crippen molar-refractivity contribution in [1.82, 2.24) is 14.9 Å². The highest BCUT2D eigenvalue weighted by Gasteiger charge is 2.23. The fourth-order valence-corrected chi connectivity index (χ4v) is 4.98. The molecular formula is C24H27N3O4S. The van der Waals surface area contributed by atoms with Crippen LogP contribution in [-0.2, 0) is 11.3 Å². The average molecular weight is 454 g/mol. The van der Waals surface area contributed by atoms with Crippen molar-refractivity contribution in [2.24, 2.45) is 0 Å². The zero-order valence-electron chi connectivity index (χ0n) is 18.3. The molecule has 0 aliphatic heterocycles. The number of carbonyl (C=O) groups excluding carboxylic acids is 1. The molecule has 0 atom stereocenters. The van der Waals surface area contributed by atoms with Gasteiger partial charge in [0.05, 0.1) is 30.9 Å². The topological polar surface area (TPSA) is 82.5 Å². The Hall–Kier alpha value is -3.00. The molecule has 0 unspecified atom stereocenters. The second-order valence-electron chi connectivity index (χ2n) is 7.78. The lowest BCUT2D eigenvalue weighted by Gasteiger charge is -2.18. The van der Waals surface area contributed by atoms with E-state index in [0.717, 1.165) is 31.2 Å². The normalized spacial score (nSPS) is 13.9. The van der Waals surface area contributed by atoms with Crippen LogP contribution in [0.1, 0.15) is 37.3 Å². The highest BCUT2D eigenvalue weighted by molar-refractivity contribution is 7.99. The van der Waals surface area contributed by atoms with Gasteiger partial charge in [0.2, 0.25) is 5.91 Å². The monoisotopic (exact) mass is 453 g/mol. The van der Waals surface area contributed by atoms with E-state index in [4.69, 9.17) is 14.5 Å².